The van der Waals surface area contributed by atoms with E-state index in [4.69, 9.17) is 5.11 Å². The monoisotopic (exact) mass is 323 g/mol. The van der Waals surface area contributed by atoms with Crippen molar-refractivity contribution >= 4 is 27.7 Å². The van der Waals surface area contributed by atoms with Crippen LogP contribution in [0, 0.1) is 5.92 Å². The van der Waals surface area contributed by atoms with Crippen molar-refractivity contribution in [3.63, 3.8) is 0 Å². The third-order valence-electron chi connectivity index (χ3n) is 3.62. The van der Waals surface area contributed by atoms with E-state index in [0.717, 1.165) is 42.3 Å². The van der Waals surface area contributed by atoms with Crippen LogP contribution >= 0.6 is 15.9 Å². The summed E-state index contributed by atoms with van der Waals surface area (Å²) in [5.74, 6) is 0.261. The van der Waals surface area contributed by atoms with Crippen molar-refractivity contribution in [3.05, 3.63) is 34.3 Å². The maximum Gasteiger partial charge on any atom is 0.431 e. The molecule has 0 radical (unpaired) electrons. The number of nitrogens with zero attached hydrogens (tertiary/aromatic N) is 1. The van der Waals surface area contributed by atoms with Gasteiger partial charge >= 0.3 is 6.09 Å². The number of rotatable bonds is 2. The molecule has 1 fully saturated rings. The Labute approximate surface area is 121 Å². The van der Waals surface area contributed by atoms with Crippen LogP contribution in [-0.2, 0) is 6.42 Å². The van der Waals surface area contributed by atoms with Crippen molar-refractivity contribution in [2.45, 2.75) is 38.5 Å². The highest BCUT2D eigenvalue weighted by Gasteiger charge is 2.21. The van der Waals surface area contributed by atoms with Crippen molar-refractivity contribution in [1.82, 2.24) is 0 Å². The highest BCUT2D eigenvalue weighted by molar-refractivity contribution is 9.10. The number of halogens is 1. The summed E-state index contributed by atoms with van der Waals surface area (Å²) in [6.45, 7) is 0. The Kier molecular flexibility index (Phi) is 5.14. The van der Waals surface area contributed by atoms with Gasteiger partial charge in [0.1, 0.15) is 0 Å². The minimum atomic E-state index is -1.06. The quantitative estimate of drug-likeness (QED) is 0.802. The molecule has 1 unspecified atom stereocenters. The van der Waals surface area contributed by atoms with Gasteiger partial charge in [-0.3, -0.25) is 0 Å². The maximum absolute atomic E-state index is 10.8. The van der Waals surface area contributed by atoms with Crippen LogP contribution in [-0.4, -0.2) is 16.9 Å². The summed E-state index contributed by atoms with van der Waals surface area (Å²) in [6, 6.07) is 8.13. The van der Waals surface area contributed by atoms with Gasteiger partial charge in [-0.2, -0.15) is 4.99 Å². The van der Waals surface area contributed by atoms with Crippen LogP contribution in [0.2, 0.25) is 0 Å². The molecule has 0 aliphatic heterocycles. The van der Waals surface area contributed by atoms with Crippen LogP contribution in [0.15, 0.2) is 33.7 Å². The summed E-state index contributed by atoms with van der Waals surface area (Å²) >= 11 is 3.56. The predicted molar refractivity (Wildman–Crippen MR) is 79.9 cm³/mol. The van der Waals surface area contributed by atoms with Crippen LogP contribution in [0.25, 0.3) is 0 Å². The Hall–Kier alpha value is -1.16. The van der Waals surface area contributed by atoms with Gasteiger partial charge in [0.05, 0.1) is 0 Å². The average molecular weight is 324 g/mol. The summed E-state index contributed by atoms with van der Waals surface area (Å²) in [6.07, 6.45) is 5.05. The van der Waals surface area contributed by atoms with Crippen molar-refractivity contribution in [2.75, 3.05) is 0 Å². The number of amides is 1. The number of hydrogen-bond donors (Lipinski definition) is 1. The average Bonchev–Trinajstić information content (AvgIpc) is 2.58. The molecule has 4 heteroatoms. The topological polar surface area (TPSA) is 49.7 Å². The summed E-state index contributed by atoms with van der Waals surface area (Å²) < 4.78 is 1.09. The van der Waals surface area contributed by atoms with Crippen molar-refractivity contribution in [3.8, 4) is 0 Å². The Balaban J connectivity index is 2.19. The fraction of sp³-hybridized carbons (Fsp3) is 0.467. The third-order valence-corrected chi connectivity index (χ3v) is 4.39. The summed E-state index contributed by atoms with van der Waals surface area (Å²) in [7, 11) is 0. The van der Waals surface area contributed by atoms with Gasteiger partial charge in [-0.1, -0.05) is 47.0 Å². The standard InChI is InChI=1S/C15H18BrNO2/c16-13-8-5-4-6-11(13)10-12-7-2-1-3-9-14(12)17-15(18)19/h4-6,8,12H,1-3,7,9-10H2,(H,18,19)/b17-14+. The van der Waals surface area contributed by atoms with Crippen LogP contribution in [0.1, 0.15) is 37.7 Å². The highest BCUT2D eigenvalue weighted by atomic mass is 79.9. The van der Waals surface area contributed by atoms with Crippen molar-refractivity contribution in [1.29, 1.82) is 0 Å². The number of hydrogen-bond acceptors (Lipinski definition) is 1. The second-order valence-electron chi connectivity index (χ2n) is 4.98. The molecule has 0 aromatic heterocycles. The number of aliphatic imine (C=N–C) groups is 1. The summed E-state index contributed by atoms with van der Waals surface area (Å²) in [5, 5.41) is 8.90. The molecule has 1 atom stereocenters. The molecule has 1 aliphatic rings. The van der Waals surface area contributed by atoms with Gasteiger partial charge in [-0.05, 0) is 37.3 Å². The minimum Gasteiger partial charge on any atom is -0.463 e. The normalized spacial score (nSPS) is 22.2. The van der Waals surface area contributed by atoms with E-state index < -0.39 is 6.09 Å². The second kappa shape index (κ2) is 6.85. The Morgan fingerprint density at radius 3 is 2.84 bits per heavy atom. The second-order valence-corrected chi connectivity index (χ2v) is 5.83. The number of benzene rings is 1. The van der Waals surface area contributed by atoms with E-state index >= 15 is 0 Å². The summed E-state index contributed by atoms with van der Waals surface area (Å²) in [4.78, 5) is 14.7. The molecular formula is C15H18BrNO2. The van der Waals surface area contributed by atoms with Crippen LogP contribution in [0.4, 0.5) is 4.79 Å². The number of carbonyl (C=O) groups is 1. The molecule has 1 amide bonds. The van der Waals surface area contributed by atoms with Crippen molar-refractivity contribution in [2.24, 2.45) is 10.9 Å². The first-order valence-electron chi connectivity index (χ1n) is 6.70. The zero-order valence-electron chi connectivity index (χ0n) is 10.8. The Morgan fingerprint density at radius 2 is 2.11 bits per heavy atom. The van der Waals surface area contributed by atoms with Gasteiger partial charge in [-0.25, -0.2) is 4.79 Å². The molecule has 1 aromatic rings. The minimum absolute atomic E-state index is 0.261. The highest BCUT2D eigenvalue weighted by Crippen LogP contribution is 2.27. The molecule has 0 spiro atoms. The van der Waals surface area contributed by atoms with Gasteiger partial charge in [0.2, 0.25) is 0 Å². The molecule has 1 N–H and O–H groups in total. The molecule has 1 aromatic carbocycles. The molecule has 3 nitrogen and oxygen atoms in total. The van der Waals surface area contributed by atoms with E-state index in [0.29, 0.717) is 0 Å². The lowest BCUT2D eigenvalue weighted by atomic mass is 9.91. The van der Waals surface area contributed by atoms with Crippen LogP contribution < -0.4 is 0 Å². The van der Waals surface area contributed by atoms with E-state index in [9.17, 15) is 4.79 Å². The molecule has 0 bridgehead atoms. The predicted octanol–water partition coefficient (Wildman–Crippen LogP) is 4.69. The van der Waals surface area contributed by atoms with Gasteiger partial charge in [-0.15, -0.1) is 0 Å². The molecule has 102 valence electrons. The fourth-order valence-electron chi connectivity index (χ4n) is 2.66. The molecule has 2 rings (SSSR count). The summed E-state index contributed by atoms with van der Waals surface area (Å²) in [5.41, 5.74) is 2.09. The van der Waals surface area contributed by atoms with E-state index in [2.05, 4.69) is 27.0 Å². The van der Waals surface area contributed by atoms with E-state index in [1.165, 1.54) is 12.0 Å². The molecule has 19 heavy (non-hydrogen) atoms. The van der Waals surface area contributed by atoms with Gasteiger partial charge in [0.15, 0.2) is 0 Å². The van der Waals surface area contributed by atoms with Crippen molar-refractivity contribution < 1.29 is 9.90 Å². The number of carboxylic acid groups (broad SMARTS) is 1. The van der Waals surface area contributed by atoms with Gasteiger partial charge in [0.25, 0.3) is 0 Å². The lowest BCUT2D eigenvalue weighted by Crippen LogP contribution is -2.17. The first kappa shape index (κ1) is 14.3. The third kappa shape index (κ3) is 4.16. The van der Waals surface area contributed by atoms with E-state index in [1.807, 2.05) is 18.2 Å². The lowest BCUT2D eigenvalue weighted by molar-refractivity contribution is 0.205. The maximum atomic E-state index is 10.8. The van der Waals surface area contributed by atoms with Gasteiger partial charge in [0, 0.05) is 16.1 Å². The fourth-order valence-corrected chi connectivity index (χ4v) is 3.11. The molecular weight excluding hydrogens is 306 g/mol. The molecule has 1 saturated carbocycles. The zero-order chi connectivity index (χ0) is 13.7. The first-order valence-corrected chi connectivity index (χ1v) is 7.50. The SMILES string of the molecule is O=C(O)/N=C1\CCCCCC1Cc1ccccc1Br. The largest absolute Gasteiger partial charge is 0.463 e. The zero-order valence-corrected chi connectivity index (χ0v) is 12.4. The van der Waals surface area contributed by atoms with Crippen LogP contribution in [0.5, 0.6) is 0 Å². The van der Waals surface area contributed by atoms with E-state index in [-0.39, 0.29) is 5.92 Å². The lowest BCUT2D eigenvalue weighted by Gasteiger charge is -2.17. The Morgan fingerprint density at radius 1 is 1.32 bits per heavy atom. The van der Waals surface area contributed by atoms with E-state index in [1.54, 1.807) is 0 Å². The molecule has 1 aliphatic carbocycles. The Bertz CT molecular complexity index is 485. The smallest absolute Gasteiger partial charge is 0.431 e. The molecule has 0 saturated heterocycles. The first-order chi connectivity index (χ1) is 9.16. The van der Waals surface area contributed by atoms with Crippen LogP contribution in [0.3, 0.4) is 0 Å². The molecule has 0 heterocycles. The van der Waals surface area contributed by atoms with Gasteiger partial charge < -0.3 is 5.11 Å².